The molecule has 0 atom stereocenters. The van der Waals surface area contributed by atoms with Gasteiger partial charge in [-0.05, 0) is 38.5 Å². The molecule has 0 spiro atoms. The lowest BCUT2D eigenvalue weighted by Gasteiger charge is -2.23. The predicted molar refractivity (Wildman–Crippen MR) is 146 cm³/mol. The quantitative estimate of drug-likeness (QED) is 0.0684. The molecule has 0 aromatic rings. The lowest BCUT2D eigenvalue weighted by molar-refractivity contribution is -0.870. The lowest BCUT2D eigenvalue weighted by Crippen LogP contribution is -2.37. The smallest absolute Gasteiger partial charge is 0.305 e. The molecule has 0 unspecified atom stereocenters. The van der Waals surface area contributed by atoms with E-state index in [1.807, 2.05) is 0 Å². The van der Waals surface area contributed by atoms with Crippen molar-refractivity contribution in [2.24, 2.45) is 0 Å². The first kappa shape index (κ1) is 33.5. The zero-order valence-corrected chi connectivity index (χ0v) is 23.2. The highest BCUT2D eigenvalue weighted by atomic mass is 16.6. The van der Waals surface area contributed by atoms with Gasteiger partial charge in [0.05, 0.1) is 60.8 Å². The number of rotatable bonds is 25. The molecule has 0 aromatic carbocycles. The lowest BCUT2D eigenvalue weighted by atomic mass is 10.1. The molecular weight excluding hydrogens is 442 g/mol. The van der Waals surface area contributed by atoms with Crippen LogP contribution < -0.4 is 0 Å². The van der Waals surface area contributed by atoms with Gasteiger partial charge < -0.3 is 23.4 Å². The number of carbonyl (C=O) groups excluding carboxylic acids is 1. The highest BCUT2D eigenvalue weighted by Crippen LogP contribution is 2.08. The van der Waals surface area contributed by atoms with Crippen molar-refractivity contribution >= 4 is 5.97 Å². The molecule has 0 aromatic heterocycles. The first-order chi connectivity index (χ1) is 17.0. The molecule has 0 aliphatic rings. The number of nitrogens with zero attached hydrogens (tertiary/aromatic N) is 1. The number of ether oxygens (including phenoxy) is 4. The molecule has 0 heterocycles. The van der Waals surface area contributed by atoms with Crippen LogP contribution in [0.2, 0.25) is 0 Å². The standard InChI is InChI=1S/C29H54NO5/c1-5-6-7-8-9-10-11-12-13-14-15-16-17-18-19-20-29(31)35-28-27-34-26-25-33-24-23-32-22-21-30(2,3)4/h6-7,9-10,12-13H,5,8,11,14-28H2,1-4H3/q+1/b7-6-,10-9-,13-12-. The zero-order chi connectivity index (χ0) is 25.9. The molecule has 0 radical (unpaired) electrons. The van der Waals surface area contributed by atoms with Gasteiger partial charge in [-0.15, -0.1) is 0 Å². The summed E-state index contributed by atoms with van der Waals surface area (Å²) in [6, 6.07) is 0. The second-order valence-corrected chi connectivity index (χ2v) is 9.67. The molecule has 204 valence electrons. The molecule has 0 amide bonds. The van der Waals surface area contributed by atoms with E-state index in [1.54, 1.807) is 0 Å². The number of unbranched alkanes of at least 4 members (excludes halogenated alkanes) is 5. The van der Waals surface area contributed by atoms with E-state index < -0.39 is 0 Å². The van der Waals surface area contributed by atoms with Gasteiger partial charge in [-0.3, -0.25) is 4.79 Å². The number of hydrogen-bond donors (Lipinski definition) is 0. The molecule has 6 nitrogen and oxygen atoms in total. The Labute approximate surface area is 215 Å². The van der Waals surface area contributed by atoms with Gasteiger partial charge in [-0.1, -0.05) is 62.6 Å². The van der Waals surface area contributed by atoms with Crippen LogP contribution in [-0.4, -0.2) is 84.4 Å². The number of hydrogen-bond acceptors (Lipinski definition) is 5. The van der Waals surface area contributed by atoms with Crippen molar-refractivity contribution in [3.05, 3.63) is 36.5 Å². The summed E-state index contributed by atoms with van der Waals surface area (Å²) in [6.45, 7) is 6.79. The minimum Gasteiger partial charge on any atom is -0.463 e. The van der Waals surface area contributed by atoms with Gasteiger partial charge in [-0.25, -0.2) is 0 Å². The molecule has 0 aliphatic heterocycles. The van der Waals surface area contributed by atoms with Crippen LogP contribution in [0.4, 0.5) is 0 Å². The summed E-state index contributed by atoms with van der Waals surface area (Å²) in [5, 5.41) is 0. The fraction of sp³-hybridized carbons (Fsp3) is 0.759. The molecule has 0 bridgehead atoms. The summed E-state index contributed by atoms with van der Waals surface area (Å²) >= 11 is 0. The zero-order valence-electron chi connectivity index (χ0n) is 23.2. The first-order valence-corrected chi connectivity index (χ1v) is 13.6. The van der Waals surface area contributed by atoms with Gasteiger partial charge in [0.15, 0.2) is 0 Å². The summed E-state index contributed by atoms with van der Waals surface area (Å²) in [5.41, 5.74) is 0. The van der Waals surface area contributed by atoms with Crippen molar-refractivity contribution in [2.75, 3.05) is 73.9 Å². The Balaban J connectivity index is 3.29. The van der Waals surface area contributed by atoms with Crippen molar-refractivity contribution in [3.63, 3.8) is 0 Å². The third-order valence-electron chi connectivity index (χ3n) is 5.17. The van der Waals surface area contributed by atoms with Crippen molar-refractivity contribution in [1.29, 1.82) is 0 Å². The SMILES string of the molecule is CC/C=C\C/C=C\C/C=C\CCCCCCCC(=O)OCCOCCOCCOCC[N+](C)(C)C. The van der Waals surface area contributed by atoms with Crippen LogP contribution >= 0.6 is 0 Å². The van der Waals surface area contributed by atoms with E-state index in [4.69, 9.17) is 18.9 Å². The Morgan fingerprint density at radius 1 is 0.629 bits per heavy atom. The molecule has 35 heavy (non-hydrogen) atoms. The van der Waals surface area contributed by atoms with E-state index in [9.17, 15) is 4.79 Å². The van der Waals surface area contributed by atoms with Gasteiger partial charge >= 0.3 is 5.97 Å². The number of allylic oxidation sites excluding steroid dienone is 6. The number of quaternary nitrogens is 1. The summed E-state index contributed by atoms with van der Waals surface area (Å²) in [4.78, 5) is 11.8. The second-order valence-electron chi connectivity index (χ2n) is 9.67. The van der Waals surface area contributed by atoms with Crippen LogP contribution in [0, 0.1) is 0 Å². The van der Waals surface area contributed by atoms with Gasteiger partial charge in [0.1, 0.15) is 13.2 Å². The highest BCUT2D eigenvalue weighted by molar-refractivity contribution is 5.69. The Kier molecular flexibility index (Phi) is 24.5. The fourth-order valence-electron chi connectivity index (χ4n) is 3.06. The van der Waals surface area contributed by atoms with Gasteiger partial charge in [0, 0.05) is 6.42 Å². The van der Waals surface area contributed by atoms with Crippen LogP contribution in [0.1, 0.15) is 71.1 Å². The van der Waals surface area contributed by atoms with Gasteiger partial charge in [0.25, 0.3) is 0 Å². The predicted octanol–water partition coefficient (Wildman–Crippen LogP) is 5.88. The Hall–Kier alpha value is -1.47. The number of esters is 1. The van der Waals surface area contributed by atoms with Crippen LogP contribution in [0.15, 0.2) is 36.5 Å². The average molecular weight is 497 g/mol. The Bertz CT molecular complexity index is 552. The van der Waals surface area contributed by atoms with E-state index in [1.165, 1.54) is 19.3 Å². The Morgan fingerprint density at radius 3 is 1.77 bits per heavy atom. The Morgan fingerprint density at radius 2 is 1.14 bits per heavy atom. The fourth-order valence-corrected chi connectivity index (χ4v) is 3.06. The first-order valence-electron chi connectivity index (χ1n) is 13.6. The highest BCUT2D eigenvalue weighted by Gasteiger charge is 2.05. The number of carbonyl (C=O) groups is 1. The maximum atomic E-state index is 11.8. The maximum absolute atomic E-state index is 11.8. The third kappa shape index (κ3) is 30.5. The average Bonchev–Trinajstić information content (AvgIpc) is 2.81. The van der Waals surface area contributed by atoms with Crippen LogP contribution in [-0.2, 0) is 23.7 Å². The van der Waals surface area contributed by atoms with E-state index in [2.05, 4.69) is 64.5 Å². The summed E-state index contributed by atoms with van der Waals surface area (Å²) in [6.07, 6.45) is 23.8. The molecule has 0 aliphatic carbocycles. The second kappa shape index (κ2) is 25.6. The summed E-state index contributed by atoms with van der Waals surface area (Å²) in [5.74, 6) is -0.128. The molecule has 0 fully saturated rings. The molecule has 0 saturated carbocycles. The number of likely N-dealkylation sites (N-methyl/N-ethyl adjacent to an activating group) is 1. The van der Waals surface area contributed by atoms with E-state index in [-0.39, 0.29) is 5.97 Å². The van der Waals surface area contributed by atoms with Crippen molar-refractivity contribution in [1.82, 2.24) is 0 Å². The van der Waals surface area contributed by atoms with Crippen molar-refractivity contribution in [2.45, 2.75) is 71.1 Å². The van der Waals surface area contributed by atoms with Crippen LogP contribution in [0.25, 0.3) is 0 Å². The van der Waals surface area contributed by atoms with Crippen molar-refractivity contribution < 1.29 is 28.2 Å². The summed E-state index contributed by atoms with van der Waals surface area (Å²) in [7, 11) is 6.43. The third-order valence-corrected chi connectivity index (χ3v) is 5.17. The molecule has 0 saturated heterocycles. The molecule has 0 N–H and O–H groups in total. The topological polar surface area (TPSA) is 54.0 Å². The molecular formula is C29H54NO5+. The minimum atomic E-state index is -0.128. The maximum Gasteiger partial charge on any atom is 0.305 e. The van der Waals surface area contributed by atoms with Gasteiger partial charge in [0.2, 0.25) is 0 Å². The van der Waals surface area contributed by atoms with Crippen LogP contribution in [0.5, 0.6) is 0 Å². The normalized spacial score (nSPS) is 12.5. The van der Waals surface area contributed by atoms with Gasteiger partial charge in [-0.2, -0.15) is 0 Å². The monoisotopic (exact) mass is 496 g/mol. The molecule has 6 heteroatoms. The van der Waals surface area contributed by atoms with E-state index in [0.717, 1.165) is 56.2 Å². The van der Waals surface area contributed by atoms with Crippen molar-refractivity contribution in [3.8, 4) is 0 Å². The van der Waals surface area contributed by atoms with E-state index >= 15 is 0 Å². The minimum absolute atomic E-state index is 0.128. The largest absolute Gasteiger partial charge is 0.463 e. The summed E-state index contributed by atoms with van der Waals surface area (Å²) < 4.78 is 22.5. The molecule has 0 rings (SSSR count). The van der Waals surface area contributed by atoms with E-state index in [0.29, 0.717) is 46.1 Å². The van der Waals surface area contributed by atoms with Crippen LogP contribution in [0.3, 0.4) is 0 Å².